The molecule has 0 atom stereocenters. The van der Waals surface area contributed by atoms with Gasteiger partial charge in [-0.2, -0.15) is 0 Å². The van der Waals surface area contributed by atoms with E-state index in [1.54, 1.807) is 0 Å². The first kappa shape index (κ1) is 8.58. The molecule has 0 aliphatic carbocycles. The standard InChI is InChI=1S/C6H12Cl2/c1-3-5-6(7,8)4-2/h3-5H2,1-2H3. The van der Waals surface area contributed by atoms with Gasteiger partial charge in [0.15, 0.2) is 0 Å². The number of rotatable bonds is 3. The average Bonchev–Trinajstić information content (AvgIpc) is 1.67. The maximum atomic E-state index is 5.79. The van der Waals surface area contributed by atoms with Crippen molar-refractivity contribution in [2.24, 2.45) is 0 Å². The normalized spacial score (nSPS) is 12.0. The molecular formula is C6H12Cl2. The maximum Gasteiger partial charge on any atom is 0.118 e. The van der Waals surface area contributed by atoms with Crippen molar-refractivity contribution < 1.29 is 0 Å². The molecular weight excluding hydrogens is 143 g/mol. The molecule has 8 heavy (non-hydrogen) atoms. The van der Waals surface area contributed by atoms with E-state index in [9.17, 15) is 0 Å². The first-order valence-electron chi connectivity index (χ1n) is 3.00. The van der Waals surface area contributed by atoms with Crippen LogP contribution in [0.15, 0.2) is 0 Å². The molecule has 0 N–H and O–H groups in total. The van der Waals surface area contributed by atoms with E-state index >= 15 is 0 Å². The summed E-state index contributed by atoms with van der Waals surface area (Å²) in [5, 5.41) is 0. The summed E-state index contributed by atoms with van der Waals surface area (Å²) in [4.78, 5) is 0. The highest BCUT2D eigenvalue weighted by atomic mass is 35.5. The van der Waals surface area contributed by atoms with Gasteiger partial charge in [0.05, 0.1) is 0 Å². The first-order valence-corrected chi connectivity index (χ1v) is 3.76. The third-order valence-corrected chi connectivity index (χ3v) is 2.05. The van der Waals surface area contributed by atoms with E-state index < -0.39 is 4.33 Å². The van der Waals surface area contributed by atoms with Crippen LogP contribution in [0.25, 0.3) is 0 Å². The second-order valence-corrected chi connectivity index (χ2v) is 3.60. The average molecular weight is 155 g/mol. The SMILES string of the molecule is CCCC(Cl)(Cl)CC. The van der Waals surface area contributed by atoms with Crippen molar-refractivity contribution in [1.29, 1.82) is 0 Å². The summed E-state index contributed by atoms with van der Waals surface area (Å²) in [5.41, 5.74) is 0. The van der Waals surface area contributed by atoms with Gasteiger partial charge in [0.1, 0.15) is 4.33 Å². The second-order valence-electron chi connectivity index (χ2n) is 1.96. The number of hydrogen-bond acceptors (Lipinski definition) is 0. The van der Waals surface area contributed by atoms with Gasteiger partial charge in [-0.25, -0.2) is 0 Å². The quantitative estimate of drug-likeness (QED) is 0.548. The smallest absolute Gasteiger partial charge is 0.102 e. The van der Waals surface area contributed by atoms with Crippen LogP contribution in [-0.2, 0) is 0 Å². The van der Waals surface area contributed by atoms with E-state index in [1.165, 1.54) is 0 Å². The number of hydrogen-bond donors (Lipinski definition) is 0. The predicted molar refractivity (Wildman–Crippen MR) is 39.6 cm³/mol. The van der Waals surface area contributed by atoms with Crippen LogP contribution in [0.5, 0.6) is 0 Å². The Labute approximate surface area is 61.2 Å². The minimum atomic E-state index is -0.464. The summed E-state index contributed by atoms with van der Waals surface area (Å²) in [6.07, 6.45) is 2.79. The third-order valence-electron chi connectivity index (χ3n) is 1.13. The molecule has 0 radical (unpaired) electrons. The van der Waals surface area contributed by atoms with Crippen molar-refractivity contribution in [3.8, 4) is 0 Å². The van der Waals surface area contributed by atoms with Gasteiger partial charge in [-0.1, -0.05) is 20.3 Å². The molecule has 0 nitrogen and oxygen atoms in total. The van der Waals surface area contributed by atoms with Gasteiger partial charge in [0, 0.05) is 0 Å². The molecule has 2 heteroatoms. The van der Waals surface area contributed by atoms with E-state index in [-0.39, 0.29) is 0 Å². The lowest BCUT2D eigenvalue weighted by Gasteiger charge is -2.14. The Kier molecular flexibility index (Phi) is 3.84. The van der Waals surface area contributed by atoms with Crippen LogP contribution in [0.2, 0.25) is 0 Å². The molecule has 0 spiro atoms. The molecule has 0 aromatic carbocycles. The van der Waals surface area contributed by atoms with Crippen LogP contribution in [0.3, 0.4) is 0 Å². The molecule has 0 unspecified atom stereocenters. The first-order chi connectivity index (χ1) is 3.62. The minimum absolute atomic E-state index is 0.464. The summed E-state index contributed by atoms with van der Waals surface area (Å²) in [6, 6.07) is 0. The summed E-state index contributed by atoms with van der Waals surface area (Å²) >= 11 is 11.6. The molecule has 0 heterocycles. The van der Waals surface area contributed by atoms with Gasteiger partial charge in [-0.3, -0.25) is 0 Å². The number of halogens is 2. The predicted octanol–water partition coefficient (Wildman–Crippen LogP) is 3.37. The molecule has 0 fully saturated rings. The van der Waals surface area contributed by atoms with E-state index in [0.29, 0.717) is 0 Å². The second kappa shape index (κ2) is 3.58. The van der Waals surface area contributed by atoms with Crippen LogP contribution in [0.4, 0.5) is 0 Å². The zero-order chi connectivity index (χ0) is 6.62. The fourth-order valence-corrected chi connectivity index (χ4v) is 0.921. The van der Waals surface area contributed by atoms with Crippen LogP contribution < -0.4 is 0 Å². The fraction of sp³-hybridized carbons (Fsp3) is 1.00. The van der Waals surface area contributed by atoms with Crippen molar-refractivity contribution in [1.82, 2.24) is 0 Å². The Balaban J connectivity index is 3.37. The molecule has 0 aliphatic heterocycles. The summed E-state index contributed by atoms with van der Waals surface area (Å²) in [6.45, 7) is 4.07. The van der Waals surface area contributed by atoms with E-state index in [2.05, 4.69) is 6.92 Å². The molecule has 0 amide bonds. The summed E-state index contributed by atoms with van der Waals surface area (Å²) in [5.74, 6) is 0. The monoisotopic (exact) mass is 154 g/mol. The van der Waals surface area contributed by atoms with E-state index in [1.807, 2.05) is 6.92 Å². The Morgan fingerprint density at radius 1 is 1.25 bits per heavy atom. The van der Waals surface area contributed by atoms with Crippen molar-refractivity contribution in [3.63, 3.8) is 0 Å². The van der Waals surface area contributed by atoms with Gasteiger partial charge in [0.25, 0.3) is 0 Å². The highest BCUT2D eigenvalue weighted by molar-refractivity contribution is 6.48. The van der Waals surface area contributed by atoms with Crippen molar-refractivity contribution >= 4 is 23.2 Å². The van der Waals surface area contributed by atoms with Crippen molar-refractivity contribution in [3.05, 3.63) is 0 Å². The lowest BCUT2D eigenvalue weighted by Crippen LogP contribution is -2.08. The highest BCUT2D eigenvalue weighted by Gasteiger charge is 2.18. The molecule has 0 aromatic heterocycles. The van der Waals surface area contributed by atoms with Crippen LogP contribution in [0, 0.1) is 0 Å². The minimum Gasteiger partial charge on any atom is -0.102 e. The van der Waals surface area contributed by atoms with Gasteiger partial charge >= 0.3 is 0 Å². The van der Waals surface area contributed by atoms with Crippen molar-refractivity contribution in [2.75, 3.05) is 0 Å². The summed E-state index contributed by atoms with van der Waals surface area (Å²) in [7, 11) is 0. The van der Waals surface area contributed by atoms with Crippen LogP contribution in [-0.4, -0.2) is 4.33 Å². The highest BCUT2D eigenvalue weighted by Crippen LogP contribution is 2.29. The molecule has 0 bridgehead atoms. The molecule has 0 aliphatic rings. The third kappa shape index (κ3) is 3.57. The zero-order valence-electron chi connectivity index (χ0n) is 5.38. The van der Waals surface area contributed by atoms with Gasteiger partial charge in [-0.05, 0) is 12.8 Å². The van der Waals surface area contributed by atoms with E-state index in [0.717, 1.165) is 19.3 Å². The maximum absolute atomic E-state index is 5.79. The largest absolute Gasteiger partial charge is 0.118 e. The van der Waals surface area contributed by atoms with Crippen molar-refractivity contribution in [2.45, 2.75) is 37.4 Å². The molecule has 0 saturated carbocycles. The van der Waals surface area contributed by atoms with Gasteiger partial charge < -0.3 is 0 Å². The van der Waals surface area contributed by atoms with Crippen LogP contribution in [0.1, 0.15) is 33.1 Å². The lowest BCUT2D eigenvalue weighted by atomic mass is 10.2. The molecule has 0 saturated heterocycles. The molecule has 0 rings (SSSR count). The number of alkyl halides is 2. The van der Waals surface area contributed by atoms with Crippen LogP contribution >= 0.6 is 23.2 Å². The lowest BCUT2D eigenvalue weighted by molar-refractivity contribution is 0.657. The fourth-order valence-electron chi connectivity index (χ4n) is 0.543. The zero-order valence-corrected chi connectivity index (χ0v) is 6.89. The Hall–Kier alpha value is 0.580. The Morgan fingerprint density at radius 3 is 1.88 bits per heavy atom. The van der Waals surface area contributed by atoms with Gasteiger partial charge in [-0.15, -0.1) is 23.2 Å². The Bertz CT molecular complexity index is 59.5. The van der Waals surface area contributed by atoms with Gasteiger partial charge in [0.2, 0.25) is 0 Å². The molecule has 50 valence electrons. The van der Waals surface area contributed by atoms with E-state index in [4.69, 9.17) is 23.2 Å². The Morgan fingerprint density at radius 2 is 1.75 bits per heavy atom. The topological polar surface area (TPSA) is 0 Å². The summed E-state index contributed by atoms with van der Waals surface area (Å²) < 4.78 is -0.464. The molecule has 0 aromatic rings.